The molecule has 6 heteroatoms. The summed E-state index contributed by atoms with van der Waals surface area (Å²) in [6, 6.07) is 8.71. The zero-order valence-corrected chi connectivity index (χ0v) is 11.4. The Balaban J connectivity index is 0.000000437. The Morgan fingerprint density at radius 2 is 1.53 bits per heavy atom. The van der Waals surface area contributed by atoms with Crippen LogP contribution in [-0.2, 0) is 21.2 Å². The van der Waals surface area contributed by atoms with Crippen molar-refractivity contribution < 1.29 is 21.6 Å². The van der Waals surface area contributed by atoms with Gasteiger partial charge in [0.1, 0.15) is 0 Å². The Hall–Kier alpha value is -0.950. The van der Waals surface area contributed by atoms with Crippen molar-refractivity contribution in [1.82, 2.24) is 0 Å². The van der Waals surface area contributed by atoms with Crippen molar-refractivity contribution in [3.63, 3.8) is 0 Å². The lowest BCUT2D eigenvalue weighted by Crippen LogP contribution is -2.27. The highest BCUT2D eigenvalue weighted by Crippen LogP contribution is 2.01. The minimum Gasteiger partial charge on any atom is -0.333 e. The molecule has 1 aromatic carbocycles. The Morgan fingerprint density at radius 3 is 1.88 bits per heavy atom. The Labute approximate surface area is 103 Å². The fourth-order valence-electron chi connectivity index (χ4n) is 0.717. The molecule has 1 rings (SSSR count). The molecule has 0 saturated carbocycles. The van der Waals surface area contributed by atoms with Crippen molar-refractivity contribution in [3.05, 3.63) is 35.9 Å². The van der Waals surface area contributed by atoms with Gasteiger partial charge in [0.15, 0.2) is 0 Å². The summed E-state index contributed by atoms with van der Waals surface area (Å²) in [6.07, 6.45) is 0. The van der Waals surface area contributed by atoms with E-state index in [4.69, 9.17) is 4.55 Å². The smallest absolute Gasteiger partial charge is 0.333 e. The molecule has 5 nitrogen and oxygen atoms in total. The largest absolute Gasteiger partial charge is 0.397 e. The van der Waals surface area contributed by atoms with E-state index in [9.17, 15) is 8.42 Å². The van der Waals surface area contributed by atoms with E-state index in [0.29, 0.717) is 5.56 Å². The number of quaternary nitrogens is 1. The van der Waals surface area contributed by atoms with Gasteiger partial charge in [-0.2, -0.15) is 8.42 Å². The van der Waals surface area contributed by atoms with Crippen molar-refractivity contribution in [2.75, 3.05) is 28.2 Å². The van der Waals surface area contributed by atoms with Crippen molar-refractivity contribution in [2.45, 2.75) is 6.61 Å². The lowest BCUT2D eigenvalue weighted by atomic mass is 10.2. The summed E-state index contributed by atoms with van der Waals surface area (Å²) >= 11 is 0. The van der Waals surface area contributed by atoms with E-state index >= 15 is 0 Å². The summed E-state index contributed by atoms with van der Waals surface area (Å²) in [5.41, 5.74) is 0.690. The summed E-state index contributed by atoms with van der Waals surface area (Å²) in [4.78, 5) is 0. The first-order chi connectivity index (χ1) is 7.58. The fourth-order valence-corrected chi connectivity index (χ4v) is 1.00. The predicted octanol–water partition coefficient (Wildman–Crippen LogP) is 1.33. The molecule has 0 unspecified atom stereocenters. The van der Waals surface area contributed by atoms with Gasteiger partial charge in [-0.1, -0.05) is 30.3 Å². The minimum atomic E-state index is -4.32. The monoisotopic (exact) mass is 262 g/mol. The van der Waals surface area contributed by atoms with Gasteiger partial charge in [0.2, 0.25) is 0 Å². The second-order valence-electron chi connectivity index (χ2n) is 4.86. The molecule has 0 aromatic heterocycles. The fraction of sp³-hybridized carbons (Fsp3) is 0.455. The molecule has 1 aromatic rings. The summed E-state index contributed by atoms with van der Waals surface area (Å²) in [5, 5.41) is 0. The maximum atomic E-state index is 10.1. The van der Waals surface area contributed by atoms with Crippen LogP contribution in [-0.4, -0.2) is 45.6 Å². The molecule has 0 fully saturated rings. The molecule has 1 N–H and O–H groups in total. The first-order valence-corrected chi connectivity index (χ1v) is 6.39. The van der Waals surface area contributed by atoms with Crippen LogP contribution >= 0.6 is 0 Å². The van der Waals surface area contributed by atoms with E-state index in [1.54, 1.807) is 30.3 Å². The lowest BCUT2D eigenvalue weighted by molar-refractivity contribution is -0.849. The van der Waals surface area contributed by atoms with Crippen LogP contribution in [0.3, 0.4) is 0 Å². The highest BCUT2D eigenvalue weighted by molar-refractivity contribution is 7.80. The summed E-state index contributed by atoms with van der Waals surface area (Å²) in [7, 11) is 4.18. The van der Waals surface area contributed by atoms with E-state index in [0.717, 1.165) is 4.48 Å². The number of hydrogen-bond acceptors (Lipinski definition) is 3. The van der Waals surface area contributed by atoms with Gasteiger partial charge in [0.25, 0.3) is 0 Å². The molecular formula is C11H20NO4S+. The molecule has 0 atom stereocenters. The molecule has 98 valence electrons. The van der Waals surface area contributed by atoms with Crippen molar-refractivity contribution in [1.29, 1.82) is 0 Å². The number of rotatable bonds is 3. The average Bonchev–Trinajstić information content (AvgIpc) is 2.13. The third-order valence-corrected chi connectivity index (χ3v) is 1.63. The van der Waals surface area contributed by atoms with E-state index in [-0.39, 0.29) is 6.61 Å². The van der Waals surface area contributed by atoms with Crippen LogP contribution in [0.25, 0.3) is 0 Å². The van der Waals surface area contributed by atoms with Crippen LogP contribution in [0, 0.1) is 0 Å². The van der Waals surface area contributed by atoms with E-state index in [2.05, 4.69) is 32.4 Å². The van der Waals surface area contributed by atoms with Gasteiger partial charge in [-0.25, -0.2) is 4.18 Å². The number of benzene rings is 1. The molecule has 0 amide bonds. The first kappa shape index (κ1) is 16.1. The third kappa shape index (κ3) is 15.1. The van der Waals surface area contributed by atoms with Gasteiger partial charge < -0.3 is 4.48 Å². The molecule has 0 heterocycles. The number of nitrogens with zero attached hydrogens (tertiary/aromatic N) is 1. The highest BCUT2D eigenvalue weighted by Gasteiger charge is 2.03. The summed E-state index contributed by atoms with van der Waals surface area (Å²) in [5.74, 6) is 0. The molecule has 17 heavy (non-hydrogen) atoms. The maximum Gasteiger partial charge on any atom is 0.397 e. The standard InChI is InChI=1S/C7H8O4S.C4H12N/c8-12(9,10)11-6-7-4-2-1-3-5-7;1-5(2,3)4/h1-5H,6H2,(H,8,9,10);1-4H3/q;+1. The van der Waals surface area contributed by atoms with Gasteiger partial charge in [0.05, 0.1) is 34.8 Å². The van der Waals surface area contributed by atoms with Crippen LogP contribution in [0.15, 0.2) is 30.3 Å². The third-order valence-electron chi connectivity index (χ3n) is 1.22. The Bertz CT molecular complexity index is 403. The SMILES string of the molecule is C[N+](C)(C)C.O=S(=O)(O)OCc1ccccc1. The van der Waals surface area contributed by atoms with Crippen molar-refractivity contribution in [3.8, 4) is 0 Å². The maximum absolute atomic E-state index is 10.1. The zero-order chi connectivity index (χ0) is 13.5. The Kier molecular flexibility index (Phi) is 6.33. The van der Waals surface area contributed by atoms with Gasteiger partial charge >= 0.3 is 10.4 Å². The van der Waals surface area contributed by atoms with Crippen LogP contribution in [0.1, 0.15) is 5.56 Å². The topological polar surface area (TPSA) is 63.6 Å². The summed E-state index contributed by atoms with van der Waals surface area (Å²) in [6.45, 7) is -0.139. The molecule has 0 aliphatic rings. The molecule has 0 spiro atoms. The van der Waals surface area contributed by atoms with Crippen LogP contribution in [0.2, 0.25) is 0 Å². The van der Waals surface area contributed by atoms with Gasteiger partial charge in [0, 0.05) is 0 Å². The highest BCUT2D eigenvalue weighted by atomic mass is 32.3. The second-order valence-corrected chi connectivity index (χ2v) is 5.95. The van der Waals surface area contributed by atoms with Crippen LogP contribution in [0.5, 0.6) is 0 Å². The van der Waals surface area contributed by atoms with E-state index in [1.165, 1.54) is 0 Å². The molecular weight excluding hydrogens is 242 g/mol. The molecule has 0 aliphatic heterocycles. The zero-order valence-electron chi connectivity index (χ0n) is 10.6. The van der Waals surface area contributed by atoms with Crippen molar-refractivity contribution in [2.24, 2.45) is 0 Å². The Morgan fingerprint density at radius 1 is 1.12 bits per heavy atom. The summed E-state index contributed by atoms with van der Waals surface area (Å²) < 4.78 is 33.6. The van der Waals surface area contributed by atoms with Crippen LogP contribution in [0.4, 0.5) is 0 Å². The molecule has 0 aliphatic carbocycles. The minimum absolute atomic E-state index is 0.139. The van der Waals surface area contributed by atoms with Crippen molar-refractivity contribution >= 4 is 10.4 Å². The van der Waals surface area contributed by atoms with Gasteiger partial charge in [-0.15, -0.1) is 0 Å². The van der Waals surface area contributed by atoms with E-state index < -0.39 is 10.4 Å². The lowest BCUT2D eigenvalue weighted by Gasteiger charge is -2.14. The molecule has 0 radical (unpaired) electrons. The first-order valence-electron chi connectivity index (χ1n) is 5.02. The van der Waals surface area contributed by atoms with E-state index in [1.807, 2.05) is 0 Å². The average molecular weight is 262 g/mol. The number of hydrogen-bond donors (Lipinski definition) is 1. The second kappa shape index (κ2) is 6.70. The van der Waals surface area contributed by atoms with Gasteiger partial charge in [-0.3, -0.25) is 4.55 Å². The van der Waals surface area contributed by atoms with Crippen LogP contribution < -0.4 is 0 Å². The quantitative estimate of drug-likeness (QED) is 0.659. The normalized spacial score (nSPS) is 11.6. The molecule has 0 saturated heterocycles. The molecule has 0 bridgehead atoms. The predicted molar refractivity (Wildman–Crippen MR) is 66.7 cm³/mol. The van der Waals surface area contributed by atoms with Gasteiger partial charge in [-0.05, 0) is 5.56 Å².